The van der Waals surface area contributed by atoms with Crippen LogP contribution in [0.1, 0.15) is 18.1 Å². The molecule has 0 aliphatic carbocycles. The third-order valence-electron chi connectivity index (χ3n) is 2.61. The first-order valence-corrected chi connectivity index (χ1v) is 6.18. The summed E-state index contributed by atoms with van der Waals surface area (Å²) in [6.07, 6.45) is -14.7. The van der Waals surface area contributed by atoms with Crippen LogP contribution in [-0.2, 0) is 17.9 Å². The van der Waals surface area contributed by atoms with E-state index in [4.69, 9.17) is 0 Å². The normalized spacial score (nSPS) is 13.0. The second-order valence-corrected chi connectivity index (χ2v) is 4.37. The van der Waals surface area contributed by atoms with Crippen molar-refractivity contribution in [3.63, 3.8) is 0 Å². The minimum absolute atomic E-state index is 0.244. The molecule has 1 aromatic rings. The van der Waals surface area contributed by atoms with Crippen LogP contribution in [-0.4, -0.2) is 25.0 Å². The Labute approximate surface area is 118 Å². The van der Waals surface area contributed by atoms with Gasteiger partial charge in [0.2, 0.25) is 6.10 Å². The molecule has 0 aliphatic heterocycles. The molecule has 0 bridgehead atoms. The first-order chi connectivity index (χ1) is 9.64. The maximum absolute atomic E-state index is 12.3. The van der Waals surface area contributed by atoms with Crippen molar-refractivity contribution < 1.29 is 31.1 Å². The number of hydrogen-bond acceptors (Lipinski definition) is 2. The third-order valence-corrected chi connectivity index (χ3v) is 2.61. The van der Waals surface area contributed by atoms with E-state index in [2.05, 4.69) is 10.1 Å². The summed E-state index contributed by atoms with van der Waals surface area (Å²) in [6.45, 7) is 2.48. The largest absolute Gasteiger partial charge is 0.423 e. The first-order valence-electron chi connectivity index (χ1n) is 6.18. The fourth-order valence-corrected chi connectivity index (χ4v) is 1.58. The van der Waals surface area contributed by atoms with E-state index in [9.17, 15) is 26.3 Å². The fourth-order valence-electron chi connectivity index (χ4n) is 1.58. The topological polar surface area (TPSA) is 21.3 Å². The average Bonchev–Trinajstić information content (AvgIpc) is 2.34. The minimum Gasteiger partial charge on any atom is -0.356 e. The number of ether oxygens (including phenoxy) is 1. The van der Waals surface area contributed by atoms with Crippen LogP contribution in [0, 0.1) is 0 Å². The van der Waals surface area contributed by atoms with E-state index in [1.165, 1.54) is 12.1 Å². The van der Waals surface area contributed by atoms with Crippen molar-refractivity contribution in [2.45, 2.75) is 38.5 Å². The van der Waals surface area contributed by atoms with Gasteiger partial charge in [0, 0.05) is 6.54 Å². The summed E-state index contributed by atoms with van der Waals surface area (Å²) in [7, 11) is 0. The Hall–Kier alpha value is -1.28. The van der Waals surface area contributed by atoms with Crippen LogP contribution in [0.3, 0.4) is 0 Å². The highest BCUT2D eigenvalue weighted by Gasteiger charge is 2.57. The third kappa shape index (κ3) is 5.92. The number of hydrogen-bond donors (Lipinski definition) is 1. The molecule has 0 saturated carbocycles. The Morgan fingerprint density at radius 3 is 1.86 bits per heavy atom. The summed E-state index contributed by atoms with van der Waals surface area (Å²) in [5.74, 6) is 0. The van der Waals surface area contributed by atoms with E-state index < -0.39 is 25.1 Å². The van der Waals surface area contributed by atoms with Gasteiger partial charge in [0.1, 0.15) is 0 Å². The summed E-state index contributed by atoms with van der Waals surface area (Å²) in [5, 5.41) is 3.05. The van der Waals surface area contributed by atoms with Crippen molar-refractivity contribution >= 4 is 0 Å². The summed E-state index contributed by atoms with van der Waals surface area (Å²) < 4.78 is 77.6. The van der Waals surface area contributed by atoms with Crippen LogP contribution in [0.2, 0.25) is 0 Å². The van der Waals surface area contributed by atoms with Gasteiger partial charge in [0.05, 0.1) is 6.61 Å². The van der Waals surface area contributed by atoms with Crippen molar-refractivity contribution in [3.8, 4) is 0 Å². The SMILES string of the molecule is CCNCc1ccc(COC(C(F)(F)F)C(F)(F)F)cc1. The molecule has 0 amide bonds. The molecular formula is C13H15F6NO. The molecule has 0 atom stereocenters. The van der Waals surface area contributed by atoms with E-state index in [1.807, 2.05) is 6.92 Å². The van der Waals surface area contributed by atoms with Gasteiger partial charge in [-0.3, -0.25) is 0 Å². The van der Waals surface area contributed by atoms with Crippen molar-refractivity contribution in [3.05, 3.63) is 35.4 Å². The van der Waals surface area contributed by atoms with Crippen molar-refractivity contribution in [1.29, 1.82) is 0 Å². The van der Waals surface area contributed by atoms with Gasteiger partial charge >= 0.3 is 12.4 Å². The second-order valence-electron chi connectivity index (χ2n) is 4.37. The number of nitrogens with one attached hydrogen (secondary N) is 1. The molecule has 1 rings (SSSR count). The highest BCUT2D eigenvalue weighted by Crippen LogP contribution is 2.36. The lowest BCUT2D eigenvalue weighted by Crippen LogP contribution is -2.44. The highest BCUT2D eigenvalue weighted by atomic mass is 19.4. The molecule has 0 spiro atoms. The van der Waals surface area contributed by atoms with Crippen LogP contribution in [0.5, 0.6) is 0 Å². The summed E-state index contributed by atoms with van der Waals surface area (Å²) in [6, 6.07) is 6.13. The number of benzene rings is 1. The zero-order valence-electron chi connectivity index (χ0n) is 11.2. The van der Waals surface area contributed by atoms with Gasteiger partial charge in [-0.05, 0) is 17.7 Å². The van der Waals surface area contributed by atoms with Crippen LogP contribution in [0.15, 0.2) is 24.3 Å². The molecule has 0 saturated heterocycles. The van der Waals surface area contributed by atoms with Gasteiger partial charge in [-0.2, -0.15) is 26.3 Å². The Morgan fingerprint density at radius 2 is 1.43 bits per heavy atom. The van der Waals surface area contributed by atoms with Crippen LogP contribution in [0.25, 0.3) is 0 Å². The second kappa shape index (κ2) is 7.13. The standard InChI is InChI=1S/C13H15F6NO/c1-2-20-7-9-3-5-10(6-4-9)8-21-11(12(14,15)16)13(17,18)19/h3-6,11,20H,2,7-8H2,1H3. The van der Waals surface area contributed by atoms with E-state index in [-0.39, 0.29) is 5.56 Å². The lowest BCUT2D eigenvalue weighted by atomic mass is 10.1. The minimum atomic E-state index is -5.48. The van der Waals surface area contributed by atoms with Gasteiger partial charge in [-0.1, -0.05) is 31.2 Å². The zero-order chi connectivity index (χ0) is 16.1. The fraction of sp³-hybridized carbons (Fsp3) is 0.538. The van der Waals surface area contributed by atoms with Gasteiger partial charge in [0.25, 0.3) is 0 Å². The van der Waals surface area contributed by atoms with E-state index in [0.29, 0.717) is 6.54 Å². The number of rotatable bonds is 6. The maximum atomic E-state index is 12.3. The van der Waals surface area contributed by atoms with Crippen LogP contribution in [0.4, 0.5) is 26.3 Å². The monoisotopic (exact) mass is 315 g/mol. The first kappa shape index (κ1) is 17.8. The molecule has 21 heavy (non-hydrogen) atoms. The average molecular weight is 315 g/mol. The van der Waals surface area contributed by atoms with Crippen molar-refractivity contribution in [1.82, 2.24) is 5.32 Å². The smallest absolute Gasteiger partial charge is 0.356 e. The van der Waals surface area contributed by atoms with Gasteiger partial charge in [-0.15, -0.1) is 0 Å². The molecule has 0 aromatic heterocycles. The number of halogens is 6. The molecule has 0 unspecified atom stereocenters. The Morgan fingerprint density at radius 1 is 0.952 bits per heavy atom. The quantitative estimate of drug-likeness (QED) is 0.806. The Kier molecular flexibility index (Phi) is 6.03. The Bertz CT molecular complexity index is 412. The molecule has 0 fully saturated rings. The molecule has 1 N–H and O–H groups in total. The van der Waals surface area contributed by atoms with Gasteiger partial charge in [-0.25, -0.2) is 0 Å². The number of alkyl halides is 6. The lowest BCUT2D eigenvalue weighted by molar-refractivity contribution is -0.324. The molecule has 2 nitrogen and oxygen atoms in total. The molecule has 0 aliphatic rings. The predicted octanol–water partition coefficient (Wildman–Crippen LogP) is 3.81. The molecular weight excluding hydrogens is 300 g/mol. The molecule has 0 heterocycles. The lowest BCUT2D eigenvalue weighted by Gasteiger charge is -2.23. The molecule has 120 valence electrons. The highest BCUT2D eigenvalue weighted by molar-refractivity contribution is 5.21. The Balaban J connectivity index is 2.64. The van der Waals surface area contributed by atoms with Gasteiger partial charge in [0.15, 0.2) is 0 Å². The van der Waals surface area contributed by atoms with Crippen LogP contribution < -0.4 is 5.32 Å². The van der Waals surface area contributed by atoms with Crippen molar-refractivity contribution in [2.75, 3.05) is 6.54 Å². The molecule has 1 aromatic carbocycles. The van der Waals surface area contributed by atoms with Crippen LogP contribution >= 0.6 is 0 Å². The maximum Gasteiger partial charge on any atom is 0.423 e. The summed E-state index contributed by atoms with van der Waals surface area (Å²) in [4.78, 5) is 0. The van der Waals surface area contributed by atoms with E-state index in [0.717, 1.165) is 12.1 Å². The molecule has 8 heteroatoms. The van der Waals surface area contributed by atoms with E-state index in [1.54, 1.807) is 12.1 Å². The summed E-state index contributed by atoms with van der Waals surface area (Å²) in [5.41, 5.74) is 1.12. The van der Waals surface area contributed by atoms with Gasteiger partial charge < -0.3 is 10.1 Å². The predicted molar refractivity (Wildman–Crippen MR) is 64.5 cm³/mol. The summed E-state index contributed by atoms with van der Waals surface area (Å²) >= 11 is 0. The molecule has 0 radical (unpaired) electrons. The van der Waals surface area contributed by atoms with Crippen molar-refractivity contribution in [2.24, 2.45) is 0 Å². The zero-order valence-corrected chi connectivity index (χ0v) is 11.2. The van der Waals surface area contributed by atoms with E-state index >= 15 is 0 Å².